The van der Waals surface area contributed by atoms with Crippen LogP contribution in [0.25, 0.3) is 0 Å². The van der Waals surface area contributed by atoms with E-state index in [4.69, 9.17) is 0 Å². The number of benzene rings is 2. The Morgan fingerprint density at radius 3 is 2.29 bits per heavy atom. The highest BCUT2D eigenvalue weighted by Crippen LogP contribution is 2.22. The van der Waals surface area contributed by atoms with E-state index in [1.54, 1.807) is 36.2 Å². The Morgan fingerprint density at radius 1 is 0.971 bits per heavy atom. The second-order valence-electron chi connectivity index (χ2n) is 7.92. The molecule has 0 bridgehead atoms. The summed E-state index contributed by atoms with van der Waals surface area (Å²) in [7, 11) is 1.71. The minimum absolute atomic E-state index is 0.00741. The number of carbonyl (C=O) groups is 3. The first-order valence-electron chi connectivity index (χ1n) is 10.9. The standard InChI is InChI=1S/C23H25N7O3S/c1-29-23(26-27-28-29)34-15-20(31)24-19-9-7-17(8-10-19)22(33)30-13-11-16(12-14-30)21(32)25-18-5-3-2-4-6-18/h2-10,16H,11-15H2,1H3,(H,24,31)(H,25,32). The first kappa shape index (κ1) is 23.4. The number of anilines is 2. The molecule has 3 amide bonds. The van der Waals surface area contributed by atoms with Crippen LogP contribution in [0.2, 0.25) is 0 Å². The van der Waals surface area contributed by atoms with E-state index in [-0.39, 0.29) is 29.4 Å². The molecule has 2 N–H and O–H groups in total. The summed E-state index contributed by atoms with van der Waals surface area (Å²) < 4.78 is 1.50. The Balaban J connectivity index is 1.24. The maximum atomic E-state index is 12.9. The topological polar surface area (TPSA) is 122 Å². The van der Waals surface area contributed by atoms with Crippen molar-refractivity contribution in [1.29, 1.82) is 0 Å². The third-order valence-electron chi connectivity index (χ3n) is 5.52. The van der Waals surface area contributed by atoms with Crippen LogP contribution in [-0.2, 0) is 16.6 Å². The molecule has 176 valence electrons. The number of nitrogens with one attached hydrogen (secondary N) is 2. The van der Waals surface area contributed by atoms with Crippen molar-refractivity contribution in [2.45, 2.75) is 18.0 Å². The number of nitrogens with zero attached hydrogens (tertiary/aromatic N) is 5. The van der Waals surface area contributed by atoms with E-state index in [1.807, 2.05) is 30.3 Å². The van der Waals surface area contributed by atoms with Crippen LogP contribution in [0.3, 0.4) is 0 Å². The number of para-hydroxylation sites is 1. The average Bonchev–Trinajstić information content (AvgIpc) is 3.28. The summed E-state index contributed by atoms with van der Waals surface area (Å²) in [6.45, 7) is 1.05. The maximum absolute atomic E-state index is 12.9. The first-order chi connectivity index (χ1) is 16.5. The second kappa shape index (κ2) is 10.9. The summed E-state index contributed by atoms with van der Waals surface area (Å²) in [6, 6.07) is 16.2. The quantitative estimate of drug-likeness (QED) is 0.499. The molecular weight excluding hydrogens is 454 g/mol. The molecule has 0 aliphatic carbocycles. The smallest absolute Gasteiger partial charge is 0.253 e. The second-order valence-corrected chi connectivity index (χ2v) is 8.86. The van der Waals surface area contributed by atoms with Crippen molar-refractivity contribution in [1.82, 2.24) is 25.1 Å². The van der Waals surface area contributed by atoms with Crippen LogP contribution in [0.5, 0.6) is 0 Å². The molecule has 4 rings (SSSR count). The van der Waals surface area contributed by atoms with Crippen molar-refractivity contribution >= 4 is 40.9 Å². The normalized spacial score (nSPS) is 14.0. The molecule has 10 nitrogen and oxygen atoms in total. The van der Waals surface area contributed by atoms with Crippen LogP contribution in [-0.4, -0.2) is 61.7 Å². The van der Waals surface area contributed by atoms with Crippen molar-refractivity contribution < 1.29 is 14.4 Å². The maximum Gasteiger partial charge on any atom is 0.253 e. The van der Waals surface area contributed by atoms with Crippen LogP contribution in [0.1, 0.15) is 23.2 Å². The SMILES string of the molecule is Cn1nnnc1SCC(=O)Nc1ccc(C(=O)N2CCC(C(=O)Nc3ccccc3)CC2)cc1. The molecule has 3 aromatic rings. The molecule has 1 saturated heterocycles. The average molecular weight is 480 g/mol. The lowest BCUT2D eigenvalue weighted by Gasteiger charge is -2.31. The lowest BCUT2D eigenvalue weighted by atomic mass is 9.95. The molecule has 2 aromatic carbocycles. The number of aromatic nitrogens is 4. The number of likely N-dealkylation sites (tertiary alicyclic amines) is 1. The molecule has 34 heavy (non-hydrogen) atoms. The third-order valence-corrected chi connectivity index (χ3v) is 6.53. The molecule has 1 aliphatic rings. The number of tetrazole rings is 1. The minimum Gasteiger partial charge on any atom is -0.339 e. The van der Waals surface area contributed by atoms with Gasteiger partial charge in [-0.05, 0) is 59.7 Å². The highest BCUT2D eigenvalue weighted by Gasteiger charge is 2.28. The van der Waals surface area contributed by atoms with Gasteiger partial charge in [0.15, 0.2) is 0 Å². The Kier molecular flexibility index (Phi) is 7.53. The van der Waals surface area contributed by atoms with Crippen molar-refractivity contribution in [3.05, 3.63) is 60.2 Å². The van der Waals surface area contributed by atoms with Gasteiger partial charge in [0, 0.05) is 43.0 Å². The van der Waals surface area contributed by atoms with Gasteiger partial charge in [-0.2, -0.15) is 0 Å². The Hall–Kier alpha value is -3.73. The molecule has 11 heteroatoms. The molecule has 1 aliphatic heterocycles. The van der Waals surface area contributed by atoms with Gasteiger partial charge in [-0.25, -0.2) is 4.68 Å². The molecule has 1 fully saturated rings. The number of thioether (sulfide) groups is 1. The van der Waals surface area contributed by atoms with E-state index in [0.717, 1.165) is 5.69 Å². The predicted octanol–water partition coefficient (Wildman–Crippen LogP) is 2.43. The van der Waals surface area contributed by atoms with Gasteiger partial charge in [-0.1, -0.05) is 30.0 Å². The van der Waals surface area contributed by atoms with E-state index in [0.29, 0.717) is 42.3 Å². The summed E-state index contributed by atoms with van der Waals surface area (Å²) in [4.78, 5) is 39.3. The zero-order valence-electron chi connectivity index (χ0n) is 18.7. The van der Waals surface area contributed by atoms with Crippen molar-refractivity contribution in [2.75, 3.05) is 29.5 Å². The third kappa shape index (κ3) is 5.98. The highest BCUT2D eigenvalue weighted by atomic mass is 32.2. The first-order valence-corrected chi connectivity index (χ1v) is 11.9. The van der Waals surface area contributed by atoms with E-state index in [1.165, 1.54) is 16.4 Å². The Morgan fingerprint density at radius 2 is 1.65 bits per heavy atom. The van der Waals surface area contributed by atoms with Crippen LogP contribution in [0, 0.1) is 5.92 Å². The van der Waals surface area contributed by atoms with Gasteiger partial charge in [-0.3, -0.25) is 14.4 Å². The summed E-state index contributed by atoms with van der Waals surface area (Å²) in [5.41, 5.74) is 1.93. The summed E-state index contributed by atoms with van der Waals surface area (Å²) in [5, 5.41) is 17.4. The Labute approximate surface area is 201 Å². The molecule has 2 heterocycles. The van der Waals surface area contributed by atoms with Gasteiger partial charge in [-0.15, -0.1) is 5.10 Å². The zero-order chi connectivity index (χ0) is 23.9. The predicted molar refractivity (Wildman–Crippen MR) is 128 cm³/mol. The van der Waals surface area contributed by atoms with Gasteiger partial charge in [0.25, 0.3) is 5.91 Å². The molecule has 0 spiro atoms. The molecule has 0 radical (unpaired) electrons. The number of rotatable bonds is 7. The van der Waals surface area contributed by atoms with Crippen LogP contribution >= 0.6 is 11.8 Å². The van der Waals surface area contributed by atoms with Gasteiger partial charge >= 0.3 is 0 Å². The summed E-state index contributed by atoms with van der Waals surface area (Å²) >= 11 is 1.24. The number of hydrogen-bond acceptors (Lipinski definition) is 7. The monoisotopic (exact) mass is 479 g/mol. The van der Waals surface area contributed by atoms with Crippen LogP contribution < -0.4 is 10.6 Å². The van der Waals surface area contributed by atoms with E-state index >= 15 is 0 Å². The van der Waals surface area contributed by atoms with Gasteiger partial charge in [0.05, 0.1) is 5.75 Å². The lowest BCUT2D eigenvalue weighted by molar-refractivity contribution is -0.121. The van der Waals surface area contributed by atoms with E-state index < -0.39 is 0 Å². The fourth-order valence-corrected chi connectivity index (χ4v) is 4.31. The largest absolute Gasteiger partial charge is 0.339 e. The van der Waals surface area contributed by atoms with Gasteiger partial charge < -0.3 is 15.5 Å². The molecule has 1 aromatic heterocycles. The van der Waals surface area contributed by atoms with Crippen LogP contribution in [0.15, 0.2) is 59.8 Å². The fraction of sp³-hybridized carbons (Fsp3) is 0.304. The summed E-state index contributed by atoms with van der Waals surface area (Å²) in [5.74, 6) is -0.223. The summed E-state index contributed by atoms with van der Waals surface area (Å²) in [6.07, 6.45) is 1.24. The molecule has 0 atom stereocenters. The number of aryl methyl sites for hydroxylation is 1. The van der Waals surface area contributed by atoms with Crippen molar-refractivity contribution in [2.24, 2.45) is 13.0 Å². The number of amides is 3. The number of piperidine rings is 1. The van der Waals surface area contributed by atoms with Crippen molar-refractivity contribution in [3.8, 4) is 0 Å². The molecule has 0 unspecified atom stereocenters. The van der Waals surface area contributed by atoms with E-state index in [9.17, 15) is 14.4 Å². The van der Waals surface area contributed by atoms with Crippen LogP contribution in [0.4, 0.5) is 11.4 Å². The highest BCUT2D eigenvalue weighted by molar-refractivity contribution is 7.99. The molecule has 0 saturated carbocycles. The van der Waals surface area contributed by atoms with Crippen molar-refractivity contribution in [3.63, 3.8) is 0 Å². The number of carbonyl (C=O) groups excluding carboxylic acids is 3. The fourth-order valence-electron chi connectivity index (χ4n) is 3.66. The van der Waals surface area contributed by atoms with Gasteiger partial charge in [0.2, 0.25) is 17.0 Å². The number of hydrogen-bond donors (Lipinski definition) is 2. The zero-order valence-corrected chi connectivity index (χ0v) is 19.5. The minimum atomic E-state index is -0.192. The lowest BCUT2D eigenvalue weighted by Crippen LogP contribution is -2.41. The van der Waals surface area contributed by atoms with Gasteiger partial charge in [0.1, 0.15) is 0 Å². The molecular formula is C23H25N7O3S. The Bertz CT molecular complexity index is 1140. The van der Waals surface area contributed by atoms with E-state index in [2.05, 4.69) is 26.2 Å².